The van der Waals surface area contributed by atoms with Crippen LogP contribution in [0.2, 0.25) is 0 Å². The first-order chi connectivity index (χ1) is 16.2. The van der Waals surface area contributed by atoms with E-state index < -0.39 is 22.0 Å². The van der Waals surface area contributed by atoms with Crippen molar-refractivity contribution in [1.82, 2.24) is 10.1 Å². The van der Waals surface area contributed by atoms with Gasteiger partial charge in [0.2, 0.25) is 10.0 Å². The summed E-state index contributed by atoms with van der Waals surface area (Å²) in [6.07, 6.45) is 1.49. The second-order valence-electron chi connectivity index (χ2n) is 8.23. The summed E-state index contributed by atoms with van der Waals surface area (Å²) in [5.74, 6) is -0.100. The highest BCUT2D eigenvalue weighted by molar-refractivity contribution is 7.89. The molecule has 8 heteroatoms. The highest BCUT2D eigenvalue weighted by Crippen LogP contribution is 2.14. The second-order valence-corrected chi connectivity index (χ2v) is 9.95. The molecule has 0 spiro atoms. The van der Waals surface area contributed by atoms with Crippen LogP contribution in [-0.2, 0) is 21.4 Å². The fourth-order valence-electron chi connectivity index (χ4n) is 3.08. The maximum atomic E-state index is 12.7. The molecule has 0 saturated carbocycles. The maximum absolute atomic E-state index is 12.7. The molecule has 0 radical (unpaired) electrons. The lowest BCUT2D eigenvalue weighted by Gasteiger charge is -2.20. The highest BCUT2D eigenvalue weighted by atomic mass is 32.2. The standard InChI is InChI=1S/C26H29N3O4S/c1-19(2)25(29-34(31,32)24-15-9-20(3)10-16-24)26(30)28-27-17-21-11-13-23(14-12-21)33-18-22-7-5-4-6-8-22/h4-17,19,25,29H,18H2,1-3H3,(H,28,30)/b27-17-/t25-/m0/s1. The van der Waals surface area contributed by atoms with Crippen molar-refractivity contribution in [3.8, 4) is 5.75 Å². The van der Waals surface area contributed by atoms with Gasteiger partial charge in [0.1, 0.15) is 18.4 Å². The zero-order valence-electron chi connectivity index (χ0n) is 19.4. The topological polar surface area (TPSA) is 96.9 Å². The van der Waals surface area contributed by atoms with E-state index in [1.165, 1.54) is 18.3 Å². The third kappa shape index (κ3) is 7.26. The first kappa shape index (κ1) is 25.1. The predicted octanol–water partition coefficient (Wildman–Crippen LogP) is 4.03. The fourth-order valence-corrected chi connectivity index (χ4v) is 4.42. The molecule has 0 bridgehead atoms. The molecule has 0 aliphatic rings. The van der Waals surface area contributed by atoms with E-state index in [0.717, 1.165) is 22.4 Å². The van der Waals surface area contributed by atoms with Crippen LogP contribution in [0.15, 0.2) is 88.9 Å². The molecular formula is C26H29N3O4S. The fraction of sp³-hybridized carbons (Fsp3) is 0.231. The number of amides is 1. The Bertz CT molecular complexity index is 1210. The monoisotopic (exact) mass is 479 g/mol. The third-order valence-electron chi connectivity index (χ3n) is 5.08. The van der Waals surface area contributed by atoms with Crippen LogP contribution < -0.4 is 14.9 Å². The zero-order chi connectivity index (χ0) is 24.6. The van der Waals surface area contributed by atoms with Crippen molar-refractivity contribution in [2.75, 3.05) is 0 Å². The molecule has 3 aromatic rings. The van der Waals surface area contributed by atoms with Crippen LogP contribution in [0, 0.1) is 12.8 Å². The van der Waals surface area contributed by atoms with Crippen molar-refractivity contribution in [1.29, 1.82) is 0 Å². The lowest BCUT2D eigenvalue weighted by molar-refractivity contribution is -0.123. The lowest BCUT2D eigenvalue weighted by Crippen LogP contribution is -2.48. The molecule has 0 aliphatic heterocycles. The van der Waals surface area contributed by atoms with Gasteiger partial charge in [0.15, 0.2) is 0 Å². The van der Waals surface area contributed by atoms with Gasteiger partial charge in [-0.3, -0.25) is 4.79 Å². The van der Waals surface area contributed by atoms with Crippen molar-refractivity contribution < 1.29 is 17.9 Å². The molecule has 0 heterocycles. The number of hydrogen-bond donors (Lipinski definition) is 2. The SMILES string of the molecule is Cc1ccc(S(=O)(=O)N[C@H](C(=O)N/N=C\c2ccc(OCc3ccccc3)cc2)C(C)C)cc1. The van der Waals surface area contributed by atoms with Crippen LogP contribution in [0.25, 0.3) is 0 Å². The van der Waals surface area contributed by atoms with Gasteiger partial charge in [0.25, 0.3) is 5.91 Å². The number of aryl methyl sites for hydroxylation is 1. The number of benzene rings is 3. The highest BCUT2D eigenvalue weighted by Gasteiger charge is 2.28. The molecular weight excluding hydrogens is 450 g/mol. The van der Waals surface area contributed by atoms with E-state index in [1.54, 1.807) is 26.0 Å². The quantitative estimate of drug-likeness (QED) is 0.339. The number of ether oxygens (including phenoxy) is 1. The number of carbonyl (C=O) groups is 1. The van der Waals surface area contributed by atoms with Crippen LogP contribution in [0.3, 0.4) is 0 Å². The molecule has 0 unspecified atom stereocenters. The Morgan fingerprint density at radius 1 is 0.971 bits per heavy atom. The average Bonchev–Trinajstić information content (AvgIpc) is 2.83. The Balaban J connectivity index is 1.56. The summed E-state index contributed by atoms with van der Waals surface area (Å²) in [5.41, 5.74) is 5.21. The third-order valence-corrected chi connectivity index (χ3v) is 6.54. The largest absolute Gasteiger partial charge is 0.489 e. The van der Waals surface area contributed by atoms with E-state index in [4.69, 9.17) is 4.74 Å². The van der Waals surface area contributed by atoms with Crippen LogP contribution in [0.5, 0.6) is 5.75 Å². The Labute approximate surface area is 200 Å². The summed E-state index contributed by atoms with van der Waals surface area (Å²) in [6, 6.07) is 22.6. The Morgan fingerprint density at radius 2 is 1.62 bits per heavy atom. The molecule has 3 aromatic carbocycles. The number of hydrogen-bond acceptors (Lipinski definition) is 5. The summed E-state index contributed by atoms with van der Waals surface area (Å²) in [4.78, 5) is 12.7. The summed E-state index contributed by atoms with van der Waals surface area (Å²) in [5, 5.41) is 3.98. The normalized spacial score (nSPS) is 12.6. The average molecular weight is 480 g/mol. The zero-order valence-corrected chi connectivity index (χ0v) is 20.2. The molecule has 1 atom stereocenters. The molecule has 2 N–H and O–H groups in total. The first-order valence-corrected chi connectivity index (χ1v) is 12.4. The van der Waals surface area contributed by atoms with Gasteiger partial charge in [0, 0.05) is 0 Å². The van der Waals surface area contributed by atoms with Crippen LogP contribution in [0.4, 0.5) is 0 Å². The number of sulfonamides is 1. The van der Waals surface area contributed by atoms with Crippen molar-refractivity contribution >= 4 is 22.1 Å². The van der Waals surface area contributed by atoms with E-state index >= 15 is 0 Å². The Morgan fingerprint density at radius 3 is 2.24 bits per heavy atom. The van der Waals surface area contributed by atoms with Crippen molar-refractivity contribution in [3.63, 3.8) is 0 Å². The van der Waals surface area contributed by atoms with Crippen LogP contribution >= 0.6 is 0 Å². The molecule has 178 valence electrons. The van der Waals surface area contributed by atoms with E-state index in [9.17, 15) is 13.2 Å². The van der Waals surface area contributed by atoms with Gasteiger partial charge in [-0.25, -0.2) is 13.8 Å². The summed E-state index contributed by atoms with van der Waals surface area (Å²) in [7, 11) is -3.85. The van der Waals surface area contributed by atoms with E-state index in [0.29, 0.717) is 6.61 Å². The maximum Gasteiger partial charge on any atom is 0.258 e. The number of carbonyl (C=O) groups excluding carboxylic acids is 1. The molecule has 0 aromatic heterocycles. The second kappa shape index (κ2) is 11.6. The van der Waals surface area contributed by atoms with E-state index in [2.05, 4.69) is 15.2 Å². The number of hydrazone groups is 1. The van der Waals surface area contributed by atoms with Gasteiger partial charge in [-0.1, -0.05) is 61.9 Å². The van der Waals surface area contributed by atoms with Gasteiger partial charge >= 0.3 is 0 Å². The van der Waals surface area contributed by atoms with Crippen molar-refractivity contribution in [2.45, 2.75) is 38.3 Å². The van der Waals surface area contributed by atoms with Crippen molar-refractivity contribution in [2.24, 2.45) is 11.0 Å². The van der Waals surface area contributed by atoms with Gasteiger partial charge in [0.05, 0.1) is 11.1 Å². The van der Waals surface area contributed by atoms with Gasteiger partial charge < -0.3 is 4.74 Å². The minimum absolute atomic E-state index is 0.106. The summed E-state index contributed by atoms with van der Waals surface area (Å²) >= 11 is 0. The minimum atomic E-state index is -3.85. The number of rotatable bonds is 10. The minimum Gasteiger partial charge on any atom is -0.489 e. The summed E-state index contributed by atoms with van der Waals surface area (Å²) < 4.78 is 33.6. The number of nitrogens with one attached hydrogen (secondary N) is 2. The van der Waals surface area contributed by atoms with Gasteiger partial charge in [-0.15, -0.1) is 0 Å². The Hall–Kier alpha value is -3.49. The molecule has 3 rings (SSSR count). The smallest absolute Gasteiger partial charge is 0.258 e. The van der Waals surface area contributed by atoms with E-state index in [1.807, 2.05) is 61.5 Å². The summed E-state index contributed by atoms with van der Waals surface area (Å²) in [6.45, 7) is 5.87. The van der Waals surface area contributed by atoms with Crippen molar-refractivity contribution in [3.05, 3.63) is 95.6 Å². The van der Waals surface area contributed by atoms with Gasteiger partial charge in [-0.2, -0.15) is 9.82 Å². The molecule has 0 aliphatic carbocycles. The molecule has 7 nitrogen and oxygen atoms in total. The van der Waals surface area contributed by atoms with Crippen LogP contribution in [-0.4, -0.2) is 26.6 Å². The molecule has 0 fully saturated rings. The number of nitrogens with zero attached hydrogens (tertiary/aromatic N) is 1. The molecule has 1 amide bonds. The molecule has 34 heavy (non-hydrogen) atoms. The Kier molecular flexibility index (Phi) is 8.56. The lowest BCUT2D eigenvalue weighted by atomic mass is 10.1. The predicted molar refractivity (Wildman–Crippen MR) is 133 cm³/mol. The first-order valence-electron chi connectivity index (χ1n) is 10.9. The van der Waals surface area contributed by atoms with E-state index in [-0.39, 0.29) is 10.8 Å². The molecule has 0 saturated heterocycles. The van der Waals surface area contributed by atoms with Crippen LogP contribution in [0.1, 0.15) is 30.5 Å². The van der Waals surface area contributed by atoms with Gasteiger partial charge in [-0.05, 0) is 60.4 Å².